The molecule has 0 radical (unpaired) electrons. The maximum atomic E-state index is 13.7. The Morgan fingerprint density at radius 3 is 2.51 bits per heavy atom. The summed E-state index contributed by atoms with van der Waals surface area (Å²) in [4.78, 5) is 34.6. The Labute approximate surface area is 268 Å². The van der Waals surface area contributed by atoms with Gasteiger partial charge in [0.15, 0.2) is 5.82 Å². The van der Waals surface area contributed by atoms with Crippen molar-refractivity contribution in [2.45, 2.75) is 18.6 Å². The number of anilines is 4. The zero-order chi connectivity index (χ0) is 33.1. The van der Waals surface area contributed by atoms with Crippen molar-refractivity contribution < 1.29 is 22.7 Å². The van der Waals surface area contributed by atoms with Crippen molar-refractivity contribution in [3.63, 3.8) is 0 Å². The molecule has 1 aliphatic heterocycles. The van der Waals surface area contributed by atoms with Gasteiger partial charge >= 0.3 is 12.2 Å². The molecule has 5 aromatic rings. The number of urea groups is 1. The average Bonchev–Trinajstić information content (AvgIpc) is 3.51. The number of carbonyl (C=O) groups is 1. The highest BCUT2D eigenvalue weighted by Gasteiger charge is 2.32. The molecule has 0 aliphatic carbocycles. The van der Waals surface area contributed by atoms with Crippen LogP contribution in [0.1, 0.15) is 12.0 Å². The molecule has 2 amide bonds. The van der Waals surface area contributed by atoms with Gasteiger partial charge in [-0.15, -0.1) is 0 Å². The van der Waals surface area contributed by atoms with Crippen molar-refractivity contribution in [2.24, 2.45) is 0 Å². The molecule has 242 valence electrons. The Morgan fingerprint density at radius 2 is 1.77 bits per heavy atom. The van der Waals surface area contributed by atoms with E-state index in [-0.39, 0.29) is 17.6 Å². The Hall–Kier alpha value is -5.50. The number of halogens is 3. The van der Waals surface area contributed by atoms with Gasteiger partial charge in [0, 0.05) is 43.7 Å². The van der Waals surface area contributed by atoms with Crippen LogP contribution < -0.4 is 25.6 Å². The Kier molecular flexibility index (Phi) is 8.76. The molecule has 11 nitrogen and oxygen atoms in total. The molecule has 2 aromatic heterocycles. The number of pyridine rings is 1. The van der Waals surface area contributed by atoms with E-state index in [1.54, 1.807) is 37.5 Å². The molecule has 47 heavy (non-hydrogen) atoms. The number of aromatic nitrogens is 4. The fourth-order valence-electron chi connectivity index (χ4n) is 5.58. The number of ether oxygens (including phenoxy) is 1. The van der Waals surface area contributed by atoms with Crippen LogP contribution in [0.25, 0.3) is 22.2 Å². The summed E-state index contributed by atoms with van der Waals surface area (Å²) in [6, 6.07) is 17.0. The highest BCUT2D eigenvalue weighted by molar-refractivity contribution is 6.08. The fraction of sp³-hybridized carbons (Fsp3) is 0.242. The minimum Gasteiger partial charge on any atom is -0.438 e. The summed E-state index contributed by atoms with van der Waals surface area (Å²) in [7, 11) is 5.53. The molecule has 1 saturated heterocycles. The first kappa shape index (κ1) is 31.5. The number of alkyl halides is 3. The average molecular weight is 644 g/mol. The second-order valence-corrected chi connectivity index (χ2v) is 11.1. The highest BCUT2D eigenvalue weighted by atomic mass is 19.4. The van der Waals surface area contributed by atoms with Gasteiger partial charge in [-0.05, 0) is 62.5 Å². The van der Waals surface area contributed by atoms with E-state index in [0.717, 1.165) is 31.6 Å². The number of carbonyl (C=O) groups excluding carboxylic acids is 1. The van der Waals surface area contributed by atoms with E-state index in [4.69, 9.17) is 4.74 Å². The third-order valence-corrected chi connectivity index (χ3v) is 8.01. The number of hydrogen-bond donors (Lipinski definition) is 3. The Morgan fingerprint density at radius 1 is 0.979 bits per heavy atom. The highest BCUT2D eigenvalue weighted by Crippen LogP contribution is 2.38. The van der Waals surface area contributed by atoms with Crippen LogP contribution in [0.5, 0.6) is 11.6 Å². The Balaban J connectivity index is 1.28. The van der Waals surface area contributed by atoms with Gasteiger partial charge in [-0.25, -0.2) is 19.7 Å². The second kappa shape index (κ2) is 13.1. The van der Waals surface area contributed by atoms with Gasteiger partial charge in [0.1, 0.15) is 12.1 Å². The monoisotopic (exact) mass is 643 g/mol. The lowest BCUT2D eigenvalue weighted by molar-refractivity contribution is -0.137. The summed E-state index contributed by atoms with van der Waals surface area (Å²) in [5, 5.41) is 9.67. The molecular formula is C33H32F3N9O2. The maximum absolute atomic E-state index is 13.7. The third-order valence-electron chi connectivity index (χ3n) is 8.01. The molecule has 1 fully saturated rings. The standard InChI is InChI=1S/C33H32F3N9O2/c1-37-31-40-19-39-29(43-31)24-9-6-15-38-30(24)47-28-13-11-25(22-7-4-5-8-23(22)28)41-32(46)42-26-17-20(33(34,35)36)10-12-27(26)45(3)21-14-16-44(2)18-21/h4-13,15,17,19,21H,14,16,18H2,1-3H3,(H2,41,42,46)(H,37,39,40,43)/t21-/m1/s1. The summed E-state index contributed by atoms with van der Waals surface area (Å²) in [5.74, 6) is 1.47. The van der Waals surface area contributed by atoms with Gasteiger partial charge in [-0.1, -0.05) is 24.3 Å². The first-order chi connectivity index (χ1) is 22.6. The lowest BCUT2D eigenvalue weighted by Gasteiger charge is -2.29. The van der Waals surface area contributed by atoms with E-state index in [0.29, 0.717) is 45.2 Å². The zero-order valence-corrected chi connectivity index (χ0v) is 25.8. The molecule has 3 N–H and O–H groups in total. The van der Waals surface area contributed by atoms with Gasteiger partial charge in [0.05, 0.1) is 28.2 Å². The molecular weight excluding hydrogens is 611 g/mol. The van der Waals surface area contributed by atoms with Gasteiger partial charge in [-0.3, -0.25) is 0 Å². The van der Waals surface area contributed by atoms with E-state index < -0.39 is 17.8 Å². The number of likely N-dealkylation sites (tertiary alicyclic amines) is 1. The number of nitrogens with zero attached hydrogens (tertiary/aromatic N) is 6. The van der Waals surface area contributed by atoms with Crippen LogP contribution in [0, 0.1) is 0 Å². The van der Waals surface area contributed by atoms with Crippen LogP contribution in [0.3, 0.4) is 0 Å². The lowest BCUT2D eigenvalue weighted by Crippen LogP contribution is -2.34. The van der Waals surface area contributed by atoms with Crippen LogP contribution in [0.15, 0.2) is 79.3 Å². The molecule has 3 heterocycles. The fourth-order valence-corrected chi connectivity index (χ4v) is 5.58. The first-order valence-electron chi connectivity index (χ1n) is 14.8. The molecule has 0 bridgehead atoms. The molecule has 0 unspecified atom stereocenters. The van der Waals surface area contributed by atoms with E-state index in [2.05, 4.69) is 40.8 Å². The summed E-state index contributed by atoms with van der Waals surface area (Å²) in [6.45, 7) is 1.64. The van der Waals surface area contributed by atoms with Crippen LogP contribution in [-0.4, -0.2) is 71.1 Å². The number of likely N-dealkylation sites (N-methyl/N-ethyl adjacent to an activating group) is 2. The first-order valence-corrected chi connectivity index (χ1v) is 14.8. The number of fused-ring (bicyclic) bond motifs is 1. The molecule has 0 spiro atoms. The normalized spacial score (nSPS) is 15.0. The SMILES string of the molecule is CNc1ncnc(-c2cccnc2Oc2ccc(NC(=O)Nc3cc(C(F)(F)F)ccc3N(C)[C@@H]3CCN(C)C3)c3ccccc23)n1. The zero-order valence-electron chi connectivity index (χ0n) is 25.8. The van der Waals surface area contributed by atoms with Gasteiger partial charge in [0.25, 0.3) is 0 Å². The van der Waals surface area contributed by atoms with E-state index in [1.807, 2.05) is 43.3 Å². The summed E-state index contributed by atoms with van der Waals surface area (Å²) < 4.78 is 47.3. The van der Waals surface area contributed by atoms with Crippen molar-refractivity contribution in [1.82, 2.24) is 24.8 Å². The largest absolute Gasteiger partial charge is 0.438 e. The van der Waals surface area contributed by atoms with Crippen LogP contribution in [-0.2, 0) is 6.18 Å². The molecule has 0 saturated carbocycles. The molecule has 1 aliphatic rings. The van der Waals surface area contributed by atoms with E-state index in [9.17, 15) is 18.0 Å². The van der Waals surface area contributed by atoms with Crippen molar-refractivity contribution in [3.8, 4) is 23.0 Å². The van der Waals surface area contributed by atoms with E-state index in [1.165, 1.54) is 12.4 Å². The molecule has 1 atom stereocenters. The van der Waals surface area contributed by atoms with Crippen LogP contribution in [0.4, 0.5) is 41.0 Å². The minimum absolute atomic E-state index is 0.0566. The van der Waals surface area contributed by atoms with Gasteiger partial charge < -0.3 is 30.5 Å². The predicted molar refractivity (Wildman–Crippen MR) is 175 cm³/mol. The van der Waals surface area contributed by atoms with Crippen LogP contribution in [0.2, 0.25) is 0 Å². The number of hydrogen-bond acceptors (Lipinski definition) is 9. The quantitative estimate of drug-likeness (QED) is 0.169. The second-order valence-electron chi connectivity index (χ2n) is 11.1. The van der Waals surface area contributed by atoms with Crippen LogP contribution >= 0.6 is 0 Å². The number of nitrogens with one attached hydrogen (secondary N) is 3. The summed E-state index contributed by atoms with van der Waals surface area (Å²) >= 11 is 0. The van der Waals surface area contributed by atoms with Crippen molar-refractivity contribution in [2.75, 3.05) is 55.1 Å². The Bertz CT molecular complexity index is 1920. The van der Waals surface area contributed by atoms with Crippen molar-refractivity contribution in [3.05, 3.63) is 84.8 Å². The van der Waals surface area contributed by atoms with Gasteiger partial charge in [-0.2, -0.15) is 18.2 Å². The third kappa shape index (κ3) is 6.87. The van der Waals surface area contributed by atoms with Gasteiger partial charge in [0.2, 0.25) is 11.8 Å². The smallest absolute Gasteiger partial charge is 0.416 e. The lowest BCUT2D eigenvalue weighted by atomic mass is 10.1. The van der Waals surface area contributed by atoms with Crippen molar-refractivity contribution in [1.29, 1.82) is 0 Å². The number of benzene rings is 3. The molecule has 14 heteroatoms. The predicted octanol–water partition coefficient (Wildman–Crippen LogP) is 6.72. The number of amides is 2. The minimum atomic E-state index is -4.57. The topological polar surface area (TPSA) is 120 Å². The summed E-state index contributed by atoms with van der Waals surface area (Å²) in [6.07, 6.45) is -0.742. The van der Waals surface area contributed by atoms with Crippen molar-refractivity contribution >= 4 is 39.8 Å². The number of rotatable bonds is 8. The summed E-state index contributed by atoms with van der Waals surface area (Å²) in [5.41, 5.74) is 0.674. The van der Waals surface area contributed by atoms with E-state index >= 15 is 0 Å². The molecule has 3 aromatic carbocycles. The maximum Gasteiger partial charge on any atom is 0.416 e. The molecule has 6 rings (SSSR count).